The summed E-state index contributed by atoms with van der Waals surface area (Å²) >= 11 is -0.0542. The summed E-state index contributed by atoms with van der Waals surface area (Å²) in [5.41, 5.74) is 1.84. The van der Waals surface area contributed by atoms with E-state index in [1.165, 1.54) is 0 Å². The molecule has 0 N–H and O–H groups in total. The first-order valence-corrected chi connectivity index (χ1v) is 8.94. The molecule has 0 amide bonds. The Kier molecular flexibility index (Phi) is 3.18. The van der Waals surface area contributed by atoms with Gasteiger partial charge < -0.3 is 0 Å². The molecule has 120 valence electrons. The molecule has 0 saturated heterocycles. The Morgan fingerprint density at radius 1 is 1.26 bits per heavy atom. The van der Waals surface area contributed by atoms with E-state index in [2.05, 4.69) is 23.0 Å². The average molecular weight is 379 g/mol. The van der Waals surface area contributed by atoms with Gasteiger partial charge in [-0.25, -0.2) is 0 Å². The summed E-state index contributed by atoms with van der Waals surface area (Å²) in [7, 11) is 3.25. The second-order valence-corrected chi connectivity index (χ2v) is 7.15. The third kappa shape index (κ3) is 1.80. The maximum absolute atomic E-state index is 6.40. The van der Waals surface area contributed by atoms with Gasteiger partial charge in [0.25, 0.3) is 0 Å². The van der Waals surface area contributed by atoms with Crippen LogP contribution in [0.25, 0.3) is 22.2 Å². The van der Waals surface area contributed by atoms with Crippen LogP contribution in [0, 0.1) is 0 Å². The fourth-order valence-electron chi connectivity index (χ4n) is 3.03. The zero-order chi connectivity index (χ0) is 16.2. The maximum atomic E-state index is 6.40. The monoisotopic (exact) mass is 380 g/mol. The van der Waals surface area contributed by atoms with Gasteiger partial charge in [0, 0.05) is 0 Å². The molecule has 1 atom stereocenters. The van der Waals surface area contributed by atoms with E-state index >= 15 is 0 Å². The van der Waals surface area contributed by atoms with Crippen LogP contribution in [0.2, 0.25) is 0 Å². The van der Waals surface area contributed by atoms with Crippen LogP contribution in [-0.2, 0) is 5.60 Å². The number of hydrogen-bond acceptors (Lipinski definition) is 6. The third-order valence-electron chi connectivity index (χ3n) is 4.39. The Balaban J connectivity index is 2.16. The third-order valence-corrected chi connectivity index (χ3v) is 6.43. The second kappa shape index (κ2) is 5.01. The number of nitrogens with zero attached hydrogens (tertiary/aromatic N) is 2. The number of rotatable bonds is 3. The molecule has 0 aliphatic carbocycles. The molecule has 0 spiro atoms. The molecule has 23 heavy (non-hydrogen) atoms. The number of methoxy groups -OCH3 is 2. The average Bonchev–Trinajstić information content (AvgIpc) is 3.22. The van der Waals surface area contributed by atoms with Gasteiger partial charge in [-0.05, 0) is 0 Å². The Hall–Kier alpha value is -1.98. The standard InChI is InChI=1S/C16H16N2O4Se/c1-5-16(2)15-10(17-18-23-15)9-11(19-3)8-6-7-21-12(8)14(20-4)13(9)22-16/h6-7H,5H2,1-4H3. The van der Waals surface area contributed by atoms with E-state index in [0.717, 1.165) is 27.5 Å². The van der Waals surface area contributed by atoms with Gasteiger partial charge in [0.05, 0.1) is 0 Å². The van der Waals surface area contributed by atoms with E-state index in [9.17, 15) is 0 Å². The number of aromatic nitrogens is 2. The van der Waals surface area contributed by atoms with Crippen molar-refractivity contribution in [3.8, 4) is 28.5 Å². The summed E-state index contributed by atoms with van der Waals surface area (Å²) in [4.78, 5) is 0. The van der Waals surface area contributed by atoms with Crippen LogP contribution in [0.5, 0.6) is 17.2 Å². The number of benzene rings is 1. The summed E-state index contributed by atoms with van der Waals surface area (Å²) in [5.74, 6) is 1.88. The zero-order valence-corrected chi connectivity index (χ0v) is 15.0. The van der Waals surface area contributed by atoms with Crippen molar-refractivity contribution in [1.29, 1.82) is 0 Å². The molecule has 0 saturated carbocycles. The fourth-order valence-corrected chi connectivity index (χ4v) is 4.74. The van der Waals surface area contributed by atoms with Crippen LogP contribution >= 0.6 is 0 Å². The van der Waals surface area contributed by atoms with E-state index in [-0.39, 0.29) is 14.7 Å². The topological polar surface area (TPSA) is 66.6 Å². The number of fused-ring (bicyclic) bond motifs is 4. The van der Waals surface area contributed by atoms with E-state index in [0.29, 0.717) is 22.8 Å². The van der Waals surface area contributed by atoms with Crippen molar-refractivity contribution in [2.75, 3.05) is 14.2 Å². The normalized spacial score (nSPS) is 19.1. The van der Waals surface area contributed by atoms with E-state index in [4.69, 9.17) is 18.6 Å². The van der Waals surface area contributed by atoms with Crippen LogP contribution in [-0.4, -0.2) is 38.1 Å². The molecule has 1 aromatic carbocycles. The minimum atomic E-state index is -0.440. The molecule has 3 aromatic rings. The molecule has 0 radical (unpaired) electrons. The summed E-state index contributed by atoms with van der Waals surface area (Å²) < 4.78 is 28.7. The van der Waals surface area contributed by atoms with E-state index in [1.807, 2.05) is 6.07 Å². The first-order valence-electron chi connectivity index (χ1n) is 7.32. The van der Waals surface area contributed by atoms with Crippen molar-refractivity contribution >= 4 is 25.7 Å². The number of furan rings is 1. The Morgan fingerprint density at radius 2 is 2.04 bits per heavy atom. The molecule has 7 heteroatoms. The van der Waals surface area contributed by atoms with Gasteiger partial charge in [-0.1, -0.05) is 0 Å². The minimum absolute atomic E-state index is 0.0542. The summed E-state index contributed by atoms with van der Waals surface area (Å²) in [6.07, 6.45) is 2.44. The molecular weight excluding hydrogens is 363 g/mol. The van der Waals surface area contributed by atoms with Gasteiger partial charge in [0.15, 0.2) is 0 Å². The van der Waals surface area contributed by atoms with E-state index < -0.39 is 5.60 Å². The van der Waals surface area contributed by atoms with Gasteiger partial charge >= 0.3 is 139 Å². The Bertz CT molecular complexity index is 901. The number of ether oxygens (including phenoxy) is 3. The van der Waals surface area contributed by atoms with Gasteiger partial charge in [-0.15, -0.1) is 0 Å². The van der Waals surface area contributed by atoms with Gasteiger partial charge in [-0.3, -0.25) is 0 Å². The van der Waals surface area contributed by atoms with Crippen LogP contribution in [0.3, 0.4) is 0 Å². The molecule has 3 heterocycles. The molecule has 1 aliphatic heterocycles. The molecule has 1 unspecified atom stereocenters. The predicted molar refractivity (Wildman–Crippen MR) is 85.6 cm³/mol. The molecule has 0 fully saturated rings. The number of hydrogen-bond donors (Lipinski definition) is 0. The van der Waals surface area contributed by atoms with Crippen LogP contribution in [0.15, 0.2) is 16.7 Å². The summed E-state index contributed by atoms with van der Waals surface area (Å²) in [6.45, 7) is 4.17. The molecule has 0 bridgehead atoms. The van der Waals surface area contributed by atoms with Crippen molar-refractivity contribution in [3.63, 3.8) is 0 Å². The first kappa shape index (κ1) is 14.6. The molecule has 4 rings (SSSR count). The molecule has 1 aliphatic rings. The fraction of sp³-hybridized carbons (Fsp3) is 0.375. The molecule has 6 nitrogen and oxygen atoms in total. The van der Waals surface area contributed by atoms with Crippen molar-refractivity contribution in [2.24, 2.45) is 0 Å². The first-order chi connectivity index (χ1) is 11.1. The Labute approximate surface area is 139 Å². The quantitative estimate of drug-likeness (QED) is 0.652. The van der Waals surface area contributed by atoms with Crippen LogP contribution in [0.4, 0.5) is 0 Å². The second-order valence-electron chi connectivity index (χ2n) is 5.57. The van der Waals surface area contributed by atoms with Gasteiger partial charge in [0.2, 0.25) is 0 Å². The molecule has 2 aromatic heterocycles. The van der Waals surface area contributed by atoms with Crippen LogP contribution < -0.4 is 14.2 Å². The van der Waals surface area contributed by atoms with Crippen molar-refractivity contribution in [1.82, 2.24) is 9.19 Å². The van der Waals surface area contributed by atoms with Crippen molar-refractivity contribution < 1.29 is 18.6 Å². The Morgan fingerprint density at radius 3 is 2.74 bits per heavy atom. The van der Waals surface area contributed by atoms with Crippen molar-refractivity contribution in [3.05, 3.63) is 16.8 Å². The predicted octanol–water partition coefficient (Wildman–Crippen LogP) is 2.98. The van der Waals surface area contributed by atoms with Gasteiger partial charge in [-0.2, -0.15) is 0 Å². The van der Waals surface area contributed by atoms with Gasteiger partial charge in [0.1, 0.15) is 0 Å². The van der Waals surface area contributed by atoms with E-state index in [1.54, 1.807) is 20.5 Å². The summed E-state index contributed by atoms with van der Waals surface area (Å²) in [6, 6.07) is 1.86. The molecular formula is C16H16N2O4Se. The summed E-state index contributed by atoms with van der Waals surface area (Å²) in [5, 5.41) is 5.24. The van der Waals surface area contributed by atoms with Crippen LogP contribution in [0.1, 0.15) is 24.7 Å². The zero-order valence-electron chi connectivity index (χ0n) is 13.3. The SMILES string of the molecule is CCC1(C)Oc2c(c(OC)c3ccoc3c2OC)-c2nn[se]c21. The van der Waals surface area contributed by atoms with Crippen molar-refractivity contribution in [2.45, 2.75) is 25.9 Å².